The number of allylic oxidation sites excluding steroid dienone is 4. The van der Waals surface area contributed by atoms with Crippen LogP contribution in [0.15, 0.2) is 230 Å². The van der Waals surface area contributed by atoms with Gasteiger partial charge < -0.3 is 4.90 Å². The van der Waals surface area contributed by atoms with Crippen LogP contribution in [-0.2, 0) is 5.41 Å². The first-order chi connectivity index (χ1) is 33.7. The fraction of sp³-hybridized carbons (Fsp3) is 0.104. The first-order valence-electron chi connectivity index (χ1n) is 24.6. The maximum atomic E-state index is 2.60. The van der Waals surface area contributed by atoms with Gasteiger partial charge in [-0.3, -0.25) is 0 Å². The van der Waals surface area contributed by atoms with Crippen molar-refractivity contribution in [3.05, 3.63) is 241 Å². The summed E-state index contributed by atoms with van der Waals surface area (Å²) in [6.07, 6.45) is 12.2. The minimum absolute atomic E-state index is 0.0913. The van der Waals surface area contributed by atoms with E-state index in [1.54, 1.807) is 11.1 Å². The molecule has 68 heavy (non-hydrogen) atoms. The average Bonchev–Trinajstić information content (AvgIpc) is 4.02. The molecule has 11 aromatic carbocycles. The van der Waals surface area contributed by atoms with Crippen molar-refractivity contribution >= 4 is 76.5 Å². The molecule has 1 spiro atoms. The molecule has 14 rings (SSSR count). The van der Waals surface area contributed by atoms with Crippen molar-refractivity contribution in [3.8, 4) is 33.4 Å². The van der Waals surface area contributed by atoms with E-state index in [1.807, 2.05) is 0 Å². The van der Waals surface area contributed by atoms with Crippen LogP contribution >= 0.6 is 0 Å². The SMILES string of the molecule is C1=CC2=C(CC1)c1ccc(N(c3ccc4c(c3)c3ccccc3c3c(-c5ccccc5)cc(-c5ccccc5)c(-c5ccccc5)c43)c3cc4ccccc4c4ccccc34)cc1C21CCCC1. The largest absolute Gasteiger partial charge is 0.310 e. The van der Waals surface area contributed by atoms with Gasteiger partial charge in [-0.1, -0.05) is 201 Å². The van der Waals surface area contributed by atoms with Crippen LogP contribution in [0.3, 0.4) is 0 Å². The Morgan fingerprint density at radius 1 is 0.397 bits per heavy atom. The van der Waals surface area contributed by atoms with Crippen LogP contribution in [0.2, 0.25) is 0 Å². The molecule has 0 aliphatic heterocycles. The molecule has 0 bridgehead atoms. The Hall–Kier alpha value is -8.00. The van der Waals surface area contributed by atoms with Crippen LogP contribution in [0.1, 0.15) is 49.7 Å². The Kier molecular flexibility index (Phi) is 8.96. The predicted molar refractivity (Wildman–Crippen MR) is 290 cm³/mol. The molecule has 0 N–H and O–H groups in total. The molecule has 11 aromatic rings. The van der Waals surface area contributed by atoms with E-state index in [2.05, 4.69) is 229 Å². The summed E-state index contributed by atoms with van der Waals surface area (Å²) in [6, 6.07) is 80.0. The normalized spacial score (nSPS) is 15.0. The molecule has 0 radical (unpaired) electrons. The topological polar surface area (TPSA) is 3.24 Å². The van der Waals surface area contributed by atoms with Gasteiger partial charge in [-0.2, -0.15) is 0 Å². The Morgan fingerprint density at radius 2 is 0.971 bits per heavy atom. The molecule has 0 unspecified atom stereocenters. The Morgan fingerprint density at radius 3 is 1.71 bits per heavy atom. The van der Waals surface area contributed by atoms with E-state index in [0.29, 0.717) is 0 Å². The second kappa shape index (κ2) is 15.5. The highest BCUT2D eigenvalue weighted by atomic mass is 15.1. The molecule has 0 saturated heterocycles. The zero-order chi connectivity index (χ0) is 44.8. The summed E-state index contributed by atoms with van der Waals surface area (Å²) in [5.41, 5.74) is 17.2. The van der Waals surface area contributed by atoms with Crippen LogP contribution in [0.5, 0.6) is 0 Å². The molecular weight excluding hydrogens is 819 g/mol. The molecular formula is C67H49N. The molecule has 1 nitrogen and oxygen atoms in total. The molecule has 3 aliphatic carbocycles. The summed E-state index contributed by atoms with van der Waals surface area (Å²) >= 11 is 0. The minimum atomic E-state index is 0.0913. The Bertz CT molecular complexity index is 3890. The van der Waals surface area contributed by atoms with Crippen LogP contribution in [0.25, 0.3) is 92.8 Å². The fourth-order valence-corrected chi connectivity index (χ4v) is 12.9. The van der Waals surface area contributed by atoms with Gasteiger partial charge in [0, 0.05) is 22.2 Å². The first-order valence-corrected chi connectivity index (χ1v) is 24.6. The molecule has 3 aliphatic rings. The van der Waals surface area contributed by atoms with Crippen molar-refractivity contribution in [2.45, 2.75) is 43.9 Å². The molecule has 1 saturated carbocycles. The molecule has 0 aromatic heterocycles. The Labute approximate surface area is 398 Å². The maximum Gasteiger partial charge on any atom is 0.0546 e. The van der Waals surface area contributed by atoms with E-state index < -0.39 is 0 Å². The van der Waals surface area contributed by atoms with Crippen molar-refractivity contribution < 1.29 is 0 Å². The number of hydrogen-bond donors (Lipinski definition) is 0. The van der Waals surface area contributed by atoms with Crippen molar-refractivity contribution in [1.29, 1.82) is 0 Å². The highest BCUT2D eigenvalue weighted by molar-refractivity contribution is 6.33. The second-order valence-corrected chi connectivity index (χ2v) is 19.3. The summed E-state index contributed by atoms with van der Waals surface area (Å²) in [5.74, 6) is 0. The van der Waals surface area contributed by atoms with Crippen molar-refractivity contribution in [2.75, 3.05) is 4.90 Å². The number of fused-ring (bicyclic) bond motifs is 13. The van der Waals surface area contributed by atoms with Gasteiger partial charge in [-0.05, 0) is 166 Å². The van der Waals surface area contributed by atoms with Crippen molar-refractivity contribution in [3.63, 3.8) is 0 Å². The lowest BCUT2D eigenvalue weighted by Gasteiger charge is -2.32. The zero-order valence-electron chi connectivity index (χ0n) is 38.1. The number of nitrogens with zero attached hydrogens (tertiary/aromatic N) is 1. The third-order valence-electron chi connectivity index (χ3n) is 15.8. The van der Waals surface area contributed by atoms with Gasteiger partial charge in [0.25, 0.3) is 0 Å². The molecule has 0 amide bonds. The number of hydrogen-bond acceptors (Lipinski definition) is 1. The minimum Gasteiger partial charge on any atom is -0.310 e. The van der Waals surface area contributed by atoms with Crippen LogP contribution in [0, 0.1) is 0 Å². The maximum absolute atomic E-state index is 2.60. The zero-order valence-corrected chi connectivity index (χ0v) is 38.1. The van der Waals surface area contributed by atoms with Crippen molar-refractivity contribution in [1.82, 2.24) is 0 Å². The van der Waals surface area contributed by atoms with E-state index in [9.17, 15) is 0 Å². The number of rotatable bonds is 6. The molecule has 1 heteroatoms. The first kappa shape index (κ1) is 39.2. The van der Waals surface area contributed by atoms with Crippen molar-refractivity contribution in [2.24, 2.45) is 0 Å². The van der Waals surface area contributed by atoms with Gasteiger partial charge >= 0.3 is 0 Å². The summed E-state index contributed by atoms with van der Waals surface area (Å²) in [7, 11) is 0. The lowest BCUT2D eigenvalue weighted by atomic mass is 9.74. The molecule has 0 heterocycles. The van der Waals surface area contributed by atoms with Crippen LogP contribution in [0.4, 0.5) is 17.1 Å². The monoisotopic (exact) mass is 867 g/mol. The smallest absolute Gasteiger partial charge is 0.0546 e. The van der Waals surface area contributed by atoms with E-state index >= 15 is 0 Å². The van der Waals surface area contributed by atoms with E-state index in [1.165, 1.54) is 135 Å². The molecule has 0 atom stereocenters. The third kappa shape index (κ3) is 5.88. The quantitative estimate of drug-likeness (QED) is 0.151. The van der Waals surface area contributed by atoms with Gasteiger partial charge in [0.1, 0.15) is 0 Å². The summed E-state index contributed by atoms with van der Waals surface area (Å²) < 4.78 is 0. The molecule has 322 valence electrons. The fourth-order valence-electron chi connectivity index (χ4n) is 12.9. The van der Waals surface area contributed by atoms with E-state index in [-0.39, 0.29) is 5.41 Å². The Balaban J connectivity index is 1.10. The summed E-state index contributed by atoms with van der Waals surface area (Å²) in [6.45, 7) is 0. The highest BCUT2D eigenvalue weighted by Gasteiger charge is 2.46. The van der Waals surface area contributed by atoms with Gasteiger partial charge in [0.15, 0.2) is 0 Å². The summed E-state index contributed by atoms with van der Waals surface area (Å²) in [5, 5.41) is 12.6. The lowest BCUT2D eigenvalue weighted by molar-refractivity contribution is 0.543. The van der Waals surface area contributed by atoms with E-state index in [0.717, 1.165) is 18.5 Å². The second-order valence-electron chi connectivity index (χ2n) is 19.3. The number of anilines is 3. The van der Waals surface area contributed by atoms with Crippen LogP contribution in [-0.4, -0.2) is 0 Å². The molecule has 1 fully saturated rings. The van der Waals surface area contributed by atoms with Gasteiger partial charge in [-0.15, -0.1) is 0 Å². The number of benzene rings is 11. The predicted octanol–water partition coefficient (Wildman–Crippen LogP) is 18.9. The van der Waals surface area contributed by atoms with E-state index in [4.69, 9.17) is 0 Å². The third-order valence-corrected chi connectivity index (χ3v) is 15.8. The van der Waals surface area contributed by atoms with Gasteiger partial charge in [0.05, 0.1) is 5.69 Å². The van der Waals surface area contributed by atoms with Gasteiger partial charge in [-0.25, -0.2) is 0 Å². The standard InChI is InChI=1S/C67H49N/c1-4-20-44(21-5-1)58-43-59(45-22-6-2-7-23-45)65-56-32-15-13-29-52(56)60-41-48(35-37-57(60)66(65)64(58)46-24-8-3-9-25-46)68(63-40-47-26-10-11-27-50(47)51-28-12-14-31-55(51)63)49-34-36-54-53-30-16-17-33-61(53)67(62(54)42-49)38-18-19-39-67/h1-15,17,20-29,31-37,40-43H,16,18-19,30,38-39H2. The van der Waals surface area contributed by atoms with Crippen LogP contribution < -0.4 is 4.90 Å². The lowest BCUT2D eigenvalue weighted by Crippen LogP contribution is -2.22. The van der Waals surface area contributed by atoms with Gasteiger partial charge in [0.2, 0.25) is 0 Å². The average molecular weight is 868 g/mol. The summed E-state index contributed by atoms with van der Waals surface area (Å²) in [4.78, 5) is 2.59. The highest BCUT2D eigenvalue weighted by Crippen LogP contribution is 2.59.